The van der Waals surface area contributed by atoms with Crippen LogP contribution in [-0.2, 0) is 9.59 Å². The molecule has 3 heterocycles. The molecule has 3 fully saturated rings. The maximum atomic E-state index is 12.6. The van der Waals surface area contributed by atoms with E-state index < -0.39 is 0 Å². The topological polar surface area (TPSA) is 78.4 Å². The van der Waals surface area contributed by atoms with Gasteiger partial charge in [-0.2, -0.15) is 0 Å². The lowest BCUT2D eigenvalue weighted by Gasteiger charge is -2.24. The van der Waals surface area contributed by atoms with Crippen molar-refractivity contribution in [2.24, 2.45) is 0 Å². The van der Waals surface area contributed by atoms with E-state index in [-0.39, 0.29) is 17.9 Å². The van der Waals surface area contributed by atoms with Crippen LogP contribution in [0.3, 0.4) is 0 Å². The fourth-order valence-corrected chi connectivity index (χ4v) is 4.88. The second-order valence-corrected chi connectivity index (χ2v) is 7.79. The quantitative estimate of drug-likeness (QED) is 0.895. The third kappa shape index (κ3) is 2.99. The summed E-state index contributed by atoms with van der Waals surface area (Å²) in [5.74, 6) is 0.239. The van der Waals surface area contributed by atoms with Gasteiger partial charge >= 0.3 is 0 Å². The lowest BCUT2D eigenvalue weighted by atomic mass is 10.2. The molecule has 1 aromatic rings. The molecule has 0 radical (unpaired) electrons. The summed E-state index contributed by atoms with van der Waals surface area (Å²) in [6.45, 7) is 1.55. The number of aromatic nitrogens is 2. The number of hydrogen-bond acceptors (Lipinski definition) is 6. The lowest BCUT2D eigenvalue weighted by Crippen LogP contribution is -2.46. The van der Waals surface area contributed by atoms with Gasteiger partial charge in [0.2, 0.25) is 22.1 Å². The SMILES string of the molecule is O=C(NC1CCCC1)[C@@H]1CCCN1c1nnc(N2CCCC2=O)s1. The molecule has 1 aromatic heterocycles. The Morgan fingerprint density at radius 1 is 1.04 bits per heavy atom. The molecule has 7 nitrogen and oxygen atoms in total. The molecular formula is C16H23N5O2S. The molecule has 1 saturated carbocycles. The number of anilines is 2. The van der Waals surface area contributed by atoms with Gasteiger partial charge in [-0.15, -0.1) is 10.2 Å². The van der Waals surface area contributed by atoms with Gasteiger partial charge in [0.05, 0.1) is 0 Å². The highest BCUT2D eigenvalue weighted by Crippen LogP contribution is 2.34. The molecule has 2 amide bonds. The van der Waals surface area contributed by atoms with E-state index in [0.717, 1.165) is 50.3 Å². The van der Waals surface area contributed by atoms with Gasteiger partial charge in [0, 0.05) is 25.6 Å². The maximum Gasteiger partial charge on any atom is 0.243 e. The predicted molar refractivity (Wildman–Crippen MR) is 92.3 cm³/mol. The van der Waals surface area contributed by atoms with E-state index in [1.54, 1.807) is 4.90 Å². The average molecular weight is 349 g/mol. The molecule has 0 spiro atoms. The third-order valence-electron chi connectivity index (χ3n) is 5.21. The van der Waals surface area contributed by atoms with E-state index in [9.17, 15) is 9.59 Å². The van der Waals surface area contributed by atoms with E-state index in [2.05, 4.69) is 20.4 Å². The van der Waals surface area contributed by atoms with Gasteiger partial charge in [-0.25, -0.2) is 0 Å². The highest BCUT2D eigenvalue weighted by Gasteiger charge is 2.35. The molecule has 0 aromatic carbocycles. The highest BCUT2D eigenvalue weighted by atomic mass is 32.1. The zero-order valence-electron chi connectivity index (χ0n) is 13.7. The number of nitrogens with zero attached hydrogens (tertiary/aromatic N) is 4. The Morgan fingerprint density at radius 3 is 2.58 bits per heavy atom. The minimum atomic E-state index is -0.152. The number of carbonyl (C=O) groups excluding carboxylic acids is 2. The van der Waals surface area contributed by atoms with Crippen LogP contribution in [0.15, 0.2) is 0 Å². The lowest BCUT2D eigenvalue weighted by molar-refractivity contribution is -0.123. The molecule has 130 valence electrons. The Labute approximate surface area is 145 Å². The van der Waals surface area contributed by atoms with Crippen molar-refractivity contribution < 1.29 is 9.59 Å². The zero-order chi connectivity index (χ0) is 16.5. The van der Waals surface area contributed by atoms with E-state index in [4.69, 9.17) is 0 Å². The van der Waals surface area contributed by atoms with Crippen LogP contribution in [0.2, 0.25) is 0 Å². The molecular weight excluding hydrogens is 326 g/mol. The van der Waals surface area contributed by atoms with Crippen LogP contribution in [0, 0.1) is 0 Å². The van der Waals surface area contributed by atoms with Gasteiger partial charge in [-0.1, -0.05) is 24.2 Å². The van der Waals surface area contributed by atoms with Crippen LogP contribution < -0.4 is 15.1 Å². The molecule has 2 aliphatic heterocycles. The molecule has 1 N–H and O–H groups in total. The van der Waals surface area contributed by atoms with Crippen LogP contribution in [-0.4, -0.2) is 47.2 Å². The summed E-state index contributed by atoms with van der Waals surface area (Å²) in [5, 5.41) is 13.1. The first kappa shape index (κ1) is 15.8. The normalized spacial score (nSPS) is 25.0. The van der Waals surface area contributed by atoms with Gasteiger partial charge < -0.3 is 10.2 Å². The van der Waals surface area contributed by atoms with Gasteiger partial charge in [-0.05, 0) is 32.1 Å². The number of rotatable bonds is 4. The van der Waals surface area contributed by atoms with Crippen molar-refractivity contribution in [3.63, 3.8) is 0 Å². The summed E-state index contributed by atoms with van der Waals surface area (Å²) in [6.07, 6.45) is 7.92. The number of nitrogens with one attached hydrogen (secondary N) is 1. The minimum absolute atomic E-state index is 0.119. The summed E-state index contributed by atoms with van der Waals surface area (Å²) in [5.41, 5.74) is 0. The Bertz CT molecular complexity index is 628. The largest absolute Gasteiger partial charge is 0.352 e. The molecule has 24 heavy (non-hydrogen) atoms. The van der Waals surface area contributed by atoms with Gasteiger partial charge in [-0.3, -0.25) is 14.5 Å². The summed E-state index contributed by atoms with van der Waals surface area (Å²) in [7, 11) is 0. The van der Waals surface area contributed by atoms with Crippen LogP contribution in [0.1, 0.15) is 51.4 Å². The smallest absolute Gasteiger partial charge is 0.243 e. The van der Waals surface area contributed by atoms with E-state index in [1.165, 1.54) is 24.2 Å². The molecule has 1 aliphatic carbocycles. The Hall–Kier alpha value is -1.70. The fraction of sp³-hybridized carbons (Fsp3) is 0.750. The van der Waals surface area contributed by atoms with Gasteiger partial charge in [0.15, 0.2) is 0 Å². The third-order valence-corrected chi connectivity index (χ3v) is 6.19. The molecule has 0 bridgehead atoms. The molecule has 8 heteroatoms. The Morgan fingerprint density at radius 2 is 1.83 bits per heavy atom. The maximum absolute atomic E-state index is 12.6. The second kappa shape index (κ2) is 6.66. The average Bonchev–Trinajstić information content (AvgIpc) is 3.34. The first-order chi connectivity index (χ1) is 11.7. The minimum Gasteiger partial charge on any atom is -0.352 e. The van der Waals surface area contributed by atoms with Crippen LogP contribution in [0.25, 0.3) is 0 Å². The molecule has 3 aliphatic rings. The van der Waals surface area contributed by atoms with Crippen molar-refractivity contribution in [3.05, 3.63) is 0 Å². The van der Waals surface area contributed by atoms with E-state index in [1.807, 2.05) is 0 Å². The first-order valence-electron chi connectivity index (χ1n) is 8.93. The number of hydrogen-bond donors (Lipinski definition) is 1. The van der Waals surface area contributed by atoms with E-state index >= 15 is 0 Å². The zero-order valence-corrected chi connectivity index (χ0v) is 14.6. The fourth-order valence-electron chi connectivity index (χ4n) is 3.92. The van der Waals surface area contributed by atoms with Crippen molar-refractivity contribution in [3.8, 4) is 0 Å². The van der Waals surface area contributed by atoms with E-state index in [0.29, 0.717) is 17.6 Å². The summed E-state index contributed by atoms with van der Waals surface area (Å²) >= 11 is 1.42. The highest BCUT2D eigenvalue weighted by molar-refractivity contribution is 7.19. The number of carbonyl (C=O) groups is 2. The standard InChI is InChI=1S/C16H23N5O2S/c22-13-8-4-10-21(13)16-19-18-15(24-16)20-9-3-7-12(20)14(23)17-11-5-1-2-6-11/h11-12H,1-10H2,(H,17,23)/t12-/m0/s1. The van der Waals surface area contributed by atoms with Crippen molar-refractivity contribution in [2.45, 2.75) is 63.5 Å². The molecule has 0 unspecified atom stereocenters. The summed E-state index contributed by atoms with van der Waals surface area (Å²) in [4.78, 5) is 28.3. The second-order valence-electron chi connectivity index (χ2n) is 6.86. The van der Waals surface area contributed by atoms with Crippen LogP contribution >= 0.6 is 11.3 Å². The van der Waals surface area contributed by atoms with Crippen molar-refractivity contribution in [1.82, 2.24) is 15.5 Å². The number of amides is 2. The van der Waals surface area contributed by atoms with Gasteiger partial charge in [0.25, 0.3) is 0 Å². The Kier molecular flexibility index (Phi) is 4.39. The molecule has 2 saturated heterocycles. The van der Waals surface area contributed by atoms with Crippen LogP contribution in [0.5, 0.6) is 0 Å². The monoisotopic (exact) mass is 349 g/mol. The van der Waals surface area contributed by atoms with Crippen molar-refractivity contribution >= 4 is 33.4 Å². The van der Waals surface area contributed by atoms with Crippen molar-refractivity contribution in [1.29, 1.82) is 0 Å². The predicted octanol–water partition coefficient (Wildman–Crippen LogP) is 1.69. The van der Waals surface area contributed by atoms with Gasteiger partial charge in [0.1, 0.15) is 6.04 Å². The van der Waals surface area contributed by atoms with Crippen LogP contribution in [0.4, 0.5) is 10.3 Å². The molecule has 1 atom stereocenters. The first-order valence-corrected chi connectivity index (χ1v) is 9.75. The Balaban J connectivity index is 1.45. The summed E-state index contributed by atoms with van der Waals surface area (Å²) < 4.78 is 0. The van der Waals surface area contributed by atoms with Crippen molar-refractivity contribution in [2.75, 3.05) is 22.9 Å². The summed E-state index contributed by atoms with van der Waals surface area (Å²) in [6, 6.07) is 0.188. The molecule has 4 rings (SSSR count).